The summed E-state index contributed by atoms with van der Waals surface area (Å²) < 4.78 is 5.25. The van der Waals surface area contributed by atoms with E-state index in [-0.39, 0.29) is 12.5 Å². The minimum absolute atomic E-state index is 0.124. The summed E-state index contributed by atoms with van der Waals surface area (Å²) in [7, 11) is 0. The number of nitrogens with zero attached hydrogens (tertiary/aromatic N) is 1. The molecule has 1 heterocycles. The van der Waals surface area contributed by atoms with Crippen LogP contribution in [0.25, 0.3) is 0 Å². The van der Waals surface area contributed by atoms with Crippen LogP contribution in [0.15, 0.2) is 54.6 Å². The molecule has 1 aliphatic rings. The van der Waals surface area contributed by atoms with Crippen molar-refractivity contribution in [1.29, 1.82) is 0 Å². The van der Waals surface area contributed by atoms with Gasteiger partial charge < -0.3 is 15.0 Å². The van der Waals surface area contributed by atoms with Gasteiger partial charge in [-0.2, -0.15) is 0 Å². The number of piperidine rings is 1. The molecule has 1 aliphatic heterocycles. The van der Waals surface area contributed by atoms with Crippen LogP contribution in [0.4, 0.5) is 11.4 Å². The van der Waals surface area contributed by atoms with Crippen LogP contribution in [0.5, 0.6) is 0 Å². The Balaban J connectivity index is 1.63. The minimum atomic E-state index is -0.496. The highest BCUT2D eigenvalue weighted by atomic mass is 16.5. The van der Waals surface area contributed by atoms with Crippen molar-refractivity contribution in [3.8, 4) is 0 Å². The number of esters is 1. The Morgan fingerprint density at radius 2 is 1.60 bits per heavy atom. The maximum absolute atomic E-state index is 12.4. The van der Waals surface area contributed by atoms with Crippen molar-refractivity contribution in [2.45, 2.75) is 19.3 Å². The first kappa shape index (κ1) is 17.0. The number of para-hydroxylation sites is 2. The molecule has 0 radical (unpaired) electrons. The molecule has 25 heavy (non-hydrogen) atoms. The number of amides is 1. The maximum atomic E-state index is 12.4. The lowest BCUT2D eigenvalue weighted by molar-refractivity contribution is -0.135. The number of anilines is 2. The molecule has 130 valence electrons. The molecule has 0 aromatic heterocycles. The van der Waals surface area contributed by atoms with Crippen molar-refractivity contribution in [2.24, 2.45) is 0 Å². The average Bonchev–Trinajstić information content (AvgIpc) is 2.68. The Hall–Kier alpha value is -2.82. The molecule has 0 atom stereocenters. The van der Waals surface area contributed by atoms with Gasteiger partial charge in [-0.15, -0.1) is 0 Å². The van der Waals surface area contributed by atoms with Gasteiger partial charge in [0.25, 0.3) is 5.91 Å². The Bertz CT molecular complexity index is 725. The molecule has 2 aromatic rings. The van der Waals surface area contributed by atoms with E-state index in [1.54, 1.807) is 17.0 Å². The van der Waals surface area contributed by atoms with Gasteiger partial charge in [0.1, 0.15) is 0 Å². The van der Waals surface area contributed by atoms with Gasteiger partial charge >= 0.3 is 5.97 Å². The third kappa shape index (κ3) is 4.59. The normalized spacial score (nSPS) is 14.0. The summed E-state index contributed by atoms with van der Waals surface area (Å²) in [5.74, 6) is -0.619. The summed E-state index contributed by atoms with van der Waals surface area (Å²) >= 11 is 0. The van der Waals surface area contributed by atoms with Crippen molar-refractivity contribution >= 4 is 23.3 Å². The number of nitrogens with one attached hydrogen (secondary N) is 1. The summed E-state index contributed by atoms with van der Waals surface area (Å²) in [6.45, 7) is 1.30. The summed E-state index contributed by atoms with van der Waals surface area (Å²) in [6.07, 6.45) is 3.19. The number of hydrogen-bond acceptors (Lipinski definition) is 4. The van der Waals surface area contributed by atoms with Gasteiger partial charge in [0, 0.05) is 18.8 Å². The lowest BCUT2D eigenvalue weighted by Gasteiger charge is -2.26. The van der Waals surface area contributed by atoms with E-state index in [0.717, 1.165) is 38.0 Å². The molecule has 0 spiro atoms. The maximum Gasteiger partial charge on any atom is 0.340 e. The zero-order chi connectivity index (χ0) is 17.5. The van der Waals surface area contributed by atoms with Crippen LogP contribution < -0.4 is 5.32 Å². The van der Waals surface area contributed by atoms with Gasteiger partial charge in [-0.05, 0) is 43.5 Å². The summed E-state index contributed by atoms with van der Waals surface area (Å²) in [4.78, 5) is 26.3. The Kier molecular flexibility index (Phi) is 5.67. The second-order valence-electron chi connectivity index (χ2n) is 6.05. The topological polar surface area (TPSA) is 58.6 Å². The van der Waals surface area contributed by atoms with Crippen LogP contribution in [0, 0.1) is 0 Å². The number of ether oxygens (including phenoxy) is 1. The number of likely N-dealkylation sites (tertiary alicyclic amines) is 1. The molecule has 5 nitrogen and oxygen atoms in total. The third-order valence-electron chi connectivity index (χ3n) is 4.24. The number of benzene rings is 2. The Morgan fingerprint density at radius 3 is 2.36 bits per heavy atom. The van der Waals surface area contributed by atoms with Gasteiger partial charge in [0.05, 0.1) is 11.3 Å². The van der Waals surface area contributed by atoms with Crippen LogP contribution in [0.3, 0.4) is 0 Å². The lowest BCUT2D eigenvalue weighted by atomic mass is 10.1. The van der Waals surface area contributed by atoms with E-state index in [1.165, 1.54) is 0 Å². The minimum Gasteiger partial charge on any atom is -0.452 e. The quantitative estimate of drug-likeness (QED) is 0.846. The molecule has 0 aliphatic carbocycles. The predicted octanol–water partition coefficient (Wildman–Crippen LogP) is 3.60. The predicted molar refractivity (Wildman–Crippen MR) is 96.9 cm³/mol. The van der Waals surface area contributed by atoms with Crippen LogP contribution in [-0.4, -0.2) is 36.5 Å². The van der Waals surface area contributed by atoms with Gasteiger partial charge in [-0.1, -0.05) is 30.3 Å². The monoisotopic (exact) mass is 338 g/mol. The first-order chi connectivity index (χ1) is 12.2. The highest BCUT2D eigenvalue weighted by Gasteiger charge is 2.19. The molecule has 0 unspecified atom stereocenters. The molecule has 5 heteroatoms. The van der Waals surface area contributed by atoms with E-state index >= 15 is 0 Å². The van der Waals surface area contributed by atoms with Crippen molar-refractivity contribution in [2.75, 3.05) is 25.0 Å². The number of carbonyl (C=O) groups excluding carboxylic acids is 2. The molecule has 1 saturated heterocycles. The molecule has 2 aromatic carbocycles. The fourth-order valence-corrected chi connectivity index (χ4v) is 2.89. The van der Waals surface area contributed by atoms with E-state index < -0.39 is 5.97 Å². The summed E-state index contributed by atoms with van der Waals surface area (Å²) in [5.41, 5.74) is 1.95. The molecular formula is C20H22N2O3. The number of hydrogen-bond donors (Lipinski definition) is 1. The Morgan fingerprint density at radius 1 is 0.920 bits per heavy atom. The van der Waals surface area contributed by atoms with Crippen LogP contribution >= 0.6 is 0 Å². The second kappa shape index (κ2) is 8.33. The van der Waals surface area contributed by atoms with Crippen molar-refractivity contribution in [3.63, 3.8) is 0 Å². The highest BCUT2D eigenvalue weighted by Crippen LogP contribution is 2.21. The van der Waals surface area contributed by atoms with Crippen LogP contribution in [0.2, 0.25) is 0 Å². The number of carbonyl (C=O) groups is 2. The summed E-state index contributed by atoms with van der Waals surface area (Å²) in [6, 6.07) is 16.7. The molecule has 1 N–H and O–H groups in total. The molecule has 3 rings (SSSR count). The van der Waals surface area contributed by atoms with E-state index in [1.807, 2.05) is 42.5 Å². The molecular weight excluding hydrogens is 316 g/mol. The summed E-state index contributed by atoms with van der Waals surface area (Å²) in [5, 5.41) is 3.21. The number of rotatable bonds is 5. The first-order valence-electron chi connectivity index (χ1n) is 8.60. The van der Waals surface area contributed by atoms with Crippen molar-refractivity contribution in [1.82, 2.24) is 4.90 Å². The smallest absolute Gasteiger partial charge is 0.340 e. The van der Waals surface area contributed by atoms with E-state index in [2.05, 4.69) is 5.32 Å². The van der Waals surface area contributed by atoms with E-state index in [9.17, 15) is 9.59 Å². The van der Waals surface area contributed by atoms with Crippen LogP contribution in [-0.2, 0) is 9.53 Å². The average molecular weight is 338 g/mol. The van der Waals surface area contributed by atoms with E-state index in [0.29, 0.717) is 11.3 Å². The van der Waals surface area contributed by atoms with Crippen LogP contribution in [0.1, 0.15) is 29.6 Å². The first-order valence-corrected chi connectivity index (χ1v) is 8.60. The standard InChI is InChI=1S/C20H22N2O3/c23-19(22-13-7-2-8-14-22)15-25-20(24)17-11-5-6-12-18(17)21-16-9-3-1-4-10-16/h1,3-6,9-12,21H,2,7-8,13-15H2. The molecule has 1 amide bonds. The zero-order valence-corrected chi connectivity index (χ0v) is 14.1. The fraction of sp³-hybridized carbons (Fsp3) is 0.300. The Labute approximate surface area is 147 Å². The van der Waals surface area contributed by atoms with Gasteiger partial charge in [0.2, 0.25) is 0 Å². The zero-order valence-electron chi connectivity index (χ0n) is 14.1. The SMILES string of the molecule is O=C(OCC(=O)N1CCCCC1)c1ccccc1Nc1ccccc1. The molecule has 0 saturated carbocycles. The van der Waals surface area contributed by atoms with Crippen molar-refractivity contribution < 1.29 is 14.3 Å². The van der Waals surface area contributed by atoms with Gasteiger partial charge in [-0.25, -0.2) is 4.79 Å². The lowest BCUT2D eigenvalue weighted by Crippen LogP contribution is -2.38. The second-order valence-corrected chi connectivity index (χ2v) is 6.05. The van der Waals surface area contributed by atoms with Crippen molar-refractivity contribution in [3.05, 3.63) is 60.2 Å². The fourth-order valence-electron chi connectivity index (χ4n) is 2.89. The van der Waals surface area contributed by atoms with Gasteiger partial charge in [-0.3, -0.25) is 4.79 Å². The molecule has 0 bridgehead atoms. The van der Waals surface area contributed by atoms with Gasteiger partial charge in [0.15, 0.2) is 6.61 Å². The van der Waals surface area contributed by atoms with E-state index in [4.69, 9.17) is 4.74 Å². The highest BCUT2D eigenvalue weighted by molar-refractivity contribution is 5.97. The third-order valence-corrected chi connectivity index (χ3v) is 4.24. The molecule has 1 fully saturated rings. The largest absolute Gasteiger partial charge is 0.452 e.